The van der Waals surface area contributed by atoms with Gasteiger partial charge in [-0.25, -0.2) is 0 Å². The summed E-state index contributed by atoms with van der Waals surface area (Å²) in [6.45, 7) is 1.90. The molecule has 1 rings (SSSR count). The second-order valence-corrected chi connectivity index (χ2v) is 2.88. The van der Waals surface area contributed by atoms with E-state index in [1.165, 1.54) is 0 Å². The zero-order valence-corrected chi connectivity index (χ0v) is 7.42. The Hall–Kier alpha value is -0.380. The fraction of sp³-hybridized carbons (Fsp3) is 0.500. The van der Waals surface area contributed by atoms with Gasteiger partial charge in [0.25, 0.3) is 0 Å². The summed E-state index contributed by atoms with van der Waals surface area (Å²) >= 11 is 1.71. The molecule has 0 radical (unpaired) electrons. The topological polar surface area (TPSA) is 40.5 Å². The number of hydrogen-bond donors (Lipinski definition) is 2. The molecule has 2 nitrogen and oxygen atoms in total. The molecule has 1 heterocycles. The molecule has 11 heavy (non-hydrogen) atoms. The number of aliphatic hydroxyl groups is 2. The van der Waals surface area contributed by atoms with E-state index in [-0.39, 0.29) is 0 Å². The Morgan fingerprint density at radius 3 is 1.91 bits per heavy atom. The predicted molar refractivity (Wildman–Crippen MR) is 47.5 cm³/mol. The van der Waals surface area contributed by atoms with Crippen LogP contribution in [0.1, 0.15) is 19.8 Å². The van der Waals surface area contributed by atoms with Crippen molar-refractivity contribution in [2.45, 2.75) is 26.1 Å². The van der Waals surface area contributed by atoms with Gasteiger partial charge in [-0.15, -0.1) is 0 Å². The van der Waals surface area contributed by atoms with Gasteiger partial charge in [0.15, 0.2) is 6.29 Å². The second kappa shape index (κ2) is 7.72. The highest BCUT2D eigenvalue weighted by atomic mass is 32.1. The van der Waals surface area contributed by atoms with E-state index in [1.54, 1.807) is 11.3 Å². The van der Waals surface area contributed by atoms with Crippen molar-refractivity contribution in [3.05, 3.63) is 22.9 Å². The van der Waals surface area contributed by atoms with Gasteiger partial charge in [0.1, 0.15) is 0 Å². The summed E-state index contributed by atoms with van der Waals surface area (Å²) in [5, 5.41) is 20.3. The third-order valence-corrected chi connectivity index (χ3v) is 1.60. The SMILES string of the molecule is CCCC(O)O.c1ccsc1. The highest BCUT2D eigenvalue weighted by Crippen LogP contribution is 1.91. The van der Waals surface area contributed by atoms with Crippen molar-refractivity contribution in [2.75, 3.05) is 0 Å². The van der Waals surface area contributed by atoms with Crippen LogP contribution in [0.2, 0.25) is 0 Å². The lowest BCUT2D eigenvalue weighted by molar-refractivity contribution is -0.0453. The summed E-state index contributed by atoms with van der Waals surface area (Å²) in [6, 6.07) is 4.04. The van der Waals surface area contributed by atoms with E-state index < -0.39 is 6.29 Å². The van der Waals surface area contributed by atoms with Crippen LogP contribution in [0, 0.1) is 0 Å². The van der Waals surface area contributed by atoms with Gasteiger partial charge in [-0.05, 0) is 17.2 Å². The van der Waals surface area contributed by atoms with Gasteiger partial charge in [-0.1, -0.05) is 25.5 Å². The van der Waals surface area contributed by atoms with E-state index >= 15 is 0 Å². The summed E-state index contributed by atoms with van der Waals surface area (Å²) in [6.07, 6.45) is 0.215. The van der Waals surface area contributed by atoms with Gasteiger partial charge in [-0.3, -0.25) is 0 Å². The first kappa shape index (κ1) is 10.6. The van der Waals surface area contributed by atoms with E-state index in [2.05, 4.69) is 0 Å². The Morgan fingerprint density at radius 1 is 1.27 bits per heavy atom. The van der Waals surface area contributed by atoms with Crippen molar-refractivity contribution in [3.63, 3.8) is 0 Å². The quantitative estimate of drug-likeness (QED) is 0.672. The highest BCUT2D eigenvalue weighted by Gasteiger charge is 1.89. The van der Waals surface area contributed by atoms with Crippen LogP contribution < -0.4 is 0 Å². The standard InChI is InChI=1S/C4H10O2.C4H4S/c1-2-3-4(5)6;1-2-4-5-3-1/h4-6H,2-3H2,1H3;1-4H. The lowest BCUT2D eigenvalue weighted by Crippen LogP contribution is -2.01. The molecule has 0 saturated carbocycles. The van der Waals surface area contributed by atoms with Gasteiger partial charge in [0, 0.05) is 0 Å². The summed E-state index contributed by atoms with van der Waals surface area (Å²) in [7, 11) is 0. The molecule has 2 N–H and O–H groups in total. The molecule has 0 unspecified atom stereocenters. The Kier molecular flexibility index (Phi) is 7.46. The number of thiophene rings is 1. The van der Waals surface area contributed by atoms with Crippen molar-refractivity contribution in [2.24, 2.45) is 0 Å². The van der Waals surface area contributed by atoms with E-state index in [0.717, 1.165) is 6.42 Å². The van der Waals surface area contributed by atoms with Gasteiger partial charge in [0.2, 0.25) is 0 Å². The summed E-state index contributed by atoms with van der Waals surface area (Å²) < 4.78 is 0. The molecule has 1 aromatic heterocycles. The molecule has 1 aromatic rings. The lowest BCUT2D eigenvalue weighted by Gasteiger charge is -1.94. The molecule has 0 amide bonds. The highest BCUT2D eigenvalue weighted by molar-refractivity contribution is 7.07. The Balaban J connectivity index is 0.000000183. The Morgan fingerprint density at radius 2 is 1.82 bits per heavy atom. The van der Waals surface area contributed by atoms with Crippen molar-refractivity contribution in [1.29, 1.82) is 0 Å². The summed E-state index contributed by atoms with van der Waals surface area (Å²) in [4.78, 5) is 0. The first-order valence-corrected chi connectivity index (χ1v) is 4.55. The first-order chi connectivity index (χ1) is 5.27. The summed E-state index contributed by atoms with van der Waals surface area (Å²) in [5.41, 5.74) is 0. The molecular formula is C8H14O2S. The van der Waals surface area contributed by atoms with Gasteiger partial charge in [0.05, 0.1) is 0 Å². The number of hydrogen-bond acceptors (Lipinski definition) is 3. The maximum Gasteiger partial charge on any atom is 0.151 e. The molecule has 0 aromatic carbocycles. The van der Waals surface area contributed by atoms with Crippen molar-refractivity contribution in [1.82, 2.24) is 0 Å². The van der Waals surface area contributed by atoms with Crippen LogP contribution in [-0.2, 0) is 0 Å². The van der Waals surface area contributed by atoms with Crippen molar-refractivity contribution >= 4 is 11.3 Å². The molecule has 0 aliphatic carbocycles. The Labute approximate surface area is 71.1 Å². The molecule has 0 fully saturated rings. The van der Waals surface area contributed by atoms with E-state index in [9.17, 15) is 0 Å². The first-order valence-electron chi connectivity index (χ1n) is 3.60. The largest absolute Gasteiger partial charge is 0.368 e. The molecule has 0 bridgehead atoms. The van der Waals surface area contributed by atoms with Crippen LogP contribution in [-0.4, -0.2) is 16.5 Å². The van der Waals surface area contributed by atoms with E-state index in [4.69, 9.17) is 10.2 Å². The molecule has 64 valence electrons. The smallest absolute Gasteiger partial charge is 0.151 e. The van der Waals surface area contributed by atoms with Gasteiger partial charge in [-0.2, -0.15) is 11.3 Å². The van der Waals surface area contributed by atoms with Crippen LogP contribution in [0.25, 0.3) is 0 Å². The van der Waals surface area contributed by atoms with Crippen molar-refractivity contribution < 1.29 is 10.2 Å². The predicted octanol–water partition coefficient (Wildman–Crippen LogP) is 1.85. The average Bonchev–Trinajstić information content (AvgIpc) is 2.41. The minimum absolute atomic E-state index is 0.486. The van der Waals surface area contributed by atoms with Gasteiger partial charge < -0.3 is 10.2 Å². The van der Waals surface area contributed by atoms with E-state index in [0.29, 0.717) is 6.42 Å². The maximum atomic E-state index is 8.11. The van der Waals surface area contributed by atoms with Crippen LogP contribution in [0.4, 0.5) is 0 Å². The maximum absolute atomic E-state index is 8.11. The second-order valence-electron chi connectivity index (χ2n) is 2.06. The van der Waals surface area contributed by atoms with Crippen molar-refractivity contribution in [3.8, 4) is 0 Å². The zero-order chi connectivity index (χ0) is 8.53. The Bertz CT molecular complexity index is 121. The molecule has 0 aliphatic rings. The normalized spacial score (nSPS) is 9.09. The summed E-state index contributed by atoms with van der Waals surface area (Å²) in [5.74, 6) is 0. The minimum atomic E-state index is -1.10. The zero-order valence-electron chi connectivity index (χ0n) is 6.60. The van der Waals surface area contributed by atoms with E-state index in [1.807, 2.05) is 29.8 Å². The molecular weight excluding hydrogens is 160 g/mol. The number of aliphatic hydroxyl groups excluding tert-OH is 1. The van der Waals surface area contributed by atoms with Crippen LogP contribution in [0.15, 0.2) is 22.9 Å². The van der Waals surface area contributed by atoms with Crippen LogP contribution in [0.5, 0.6) is 0 Å². The molecule has 3 heteroatoms. The average molecular weight is 174 g/mol. The van der Waals surface area contributed by atoms with Crippen LogP contribution in [0.3, 0.4) is 0 Å². The monoisotopic (exact) mass is 174 g/mol. The van der Waals surface area contributed by atoms with Crippen LogP contribution >= 0.6 is 11.3 Å². The van der Waals surface area contributed by atoms with Gasteiger partial charge >= 0.3 is 0 Å². The fourth-order valence-corrected chi connectivity index (χ4v) is 0.939. The number of rotatable bonds is 2. The minimum Gasteiger partial charge on any atom is -0.368 e. The molecule has 0 spiro atoms. The third-order valence-electron chi connectivity index (χ3n) is 0.972. The lowest BCUT2D eigenvalue weighted by atomic mass is 10.3. The fourth-order valence-electron chi connectivity index (χ4n) is 0.485. The third kappa shape index (κ3) is 9.62. The molecule has 0 aliphatic heterocycles. The molecule has 0 saturated heterocycles. The molecule has 0 atom stereocenters.